The van der Waals surface area contributed by atoms with E-state index in [9.17, 15) is 13.2 Å². The lowest BCUT2D eigenvalue weighted by molar-refractivity contribution is -0.138. The summed E-state index contributed by atoms with van der Waals surface area (Å²) >= 11 is 0. The molecule has 1 saturated heterocycles. The second kappa shape index (κ2) is 12.5. The number of hydrogen-bond donors (Lipinski definition) is 2. The number of halogens is 3. The fraction of sp³-hybridized carbons (Fsp3) is 0.583. The molecule has 0 aromatic heterocycles. The van der Waals surface area contributed by atoms with Crippen LogP contribution in [0, 0.1) is 0 Å². The number of unbranched alkanes of at least 4 members (excludes halogenated alkanes) is 5. The van der Waals surface area contributed by atoms with Crippen LogP contribution >= 0.6 is 0 Å². The maximum absolute atomic E-state index is 13.7. The maximum Gasteiger partial charge on any atom is 0.416 e. The first-order chi connectivity index (χ1) is 15.7. The highest BCUT2D eigenvalue weighted by Crippen LogP contribution is 2.34. The monoisotopic (exact) mass is 468 g/mol. The molecule has 0 saturated carbocycles. The minimum absolute atomic E-state index is 0.0428. The molecule has 0 aliphatic carbocycles. The normalized spacial score (nSPS) is 17.5. The zero-order valence-corrected chi connectivity index (χ0v) is 19.5. The van der Waals surface area contributed by atoms with Crippen molar-refractivity contribution in [3.05, 3.63) is 47.2 Å². The fourth-order valence-corrected chi connectivity index (χ4v) is 4.05. The maximum atomic E-state index is 13.7. The van der Waals surface area contributed by atoms with Crippen molar-refractivity contribution < 1.29 is 23.2 Å². The number of nitrogens with two attached hydrogens (primary N) is 1. The van der Waals surface area contributed by atoms with Gasteiger partial charge < -0.3 is 20.7 Å². The van der Waals surface area contributed by atoms with E-state index in [1.807, 2.05) is 0 Å². The van der Waals surface area contributed by atoms with E-state index in [1.54, 1.807) is 17.9 Å². The van der Waals surface area contributed by atoms with Gasteiger partial charge in [0.15, 0.2) is 0 Å². The number of benzene rings is 1. The molecule has 1 aromatic rings. The highest BCUT2D eigenvalue weighted by atomic mass is 19.4. The largest absolute Gasteiger partial charge is 0.416 e. The Morgan fingerprint density at radius 2 is 1.94 bits per heavy atom. The summed E-state index contributed by atoms with van der Waals surface area (Å²) in [5.74, 6) is 0.243. The Kier molecular flexibility index (Phi) is 10.1. The van der Waals surface area contributed by atoms with E-state index in [2.05, 4.69) is 23.8 Å². The van der Waals surface area contributed by atoms with E-state index in [4.69, 9.17) is 15.8 Å². The Hall–Kier alpha value is -2.71. The third-order valence-corrected chi connectivity index (χ3v) is 5.95. The average molecular weight is 469 g/mol. The molecule has 1 aliphatic heterocycles. The first kappa shape index (κ1) is 26.5. The lowest BCUT2D eigenvalue weighted by Crippen LogP contribution is -2.41. The molecule has 0 unspecified atom stereocenters. The molecule has 1 fully saturated rings. The van der Waals surface area contributed by atoms with Gasteiger partial charge in [-0.15, -0.1) is 0 Å². The number of nitrogens with zero attached hydrogens (tertiary/aromatic N) is 3. The van der Waals surface area contributed by atoms with Gasteiger partial charge in [0.2, 0.25) is 5.96 Å². The van der Waals surface area contributed by atoms with Crippen molar-refractivity contribution in [2.45, 2.75) is 83.9 Å². The number of alkyl halides is 3. The van der Waals surface area contributed by atoms with E-state index in [0.717, 1.165) is 51.0 Å². The van der Waals surface area contributed by atoms with Crippen LogP contribution in [0.15, 0.2) is 40.8 Å². The molecule has 0 radical (unpaired) electrons. The molecule has 1 aromatic carbocycles. The first-order valence-electron chi connectivity index (χ1n) is 11.5. The van der Waals surface area contributed by atoms with Crippen molar-refractivity contribution in [1.29, 1.82) is 0 Å². The summed E-state index contributed by atoms with van der Waals surface area (Å²) in [5, 5.41) is 15.9. The van der Waals surface area contributed by atoms with Gasteiger partial charge in [0.05, 0.1) is 17.3 Å². The third-order valence-electron chi connectivity index (χ3n) is 5.95. The van der Waals surface area contributed by atoms with Gasteiger partial charge in [0, 0.05) is 6.54 Å². The highest BCUT2D eigenvalue weighted by Gasteiger charge is 2.34. The predicted molar refractivity (Wildman–Crippen MR) is 124 cm³/mol. The summed E-state index contributed by atoms with van der Waals surface area (Å²) < 4.78 is 41.1. The van der Waals surface area contributed by atoms with Crippen LogP contribution in [-0.4, -0.2) is 34.4 Å². The van der Waals surface area contributed by atoms with E-state index in [0.29, 0.717) is 36.2 Å². The molecule has 1 aliphatic rings. The molecular weight excluding hydrogens is 433 g/mol. The van der Waals surface area contributed by atoms with Crippen molar-refractivity contribution >= 4 is 11.7 Å². The van der Waals surface area contributed by atoms with Crippen LogP contribution in [0.4, 0.5) is 13.2 Å². The summed E-state index contributed by atoms with van der Waals surface area (Å²) in [6, 6.07) is 4.00. The molecule has 184 valence electrons. The van der Waals surface area contributed by atoms with Crippen LogP contribution in [0.3, 0.4) is 0 Å². The number of hydrogen-bond acceptors (Lipinski definition) is 4. The van der Waals surface area contributed by atoms with Gasteiger partial charge in [0.1, 0.15) is 5.76 Å². The number of oxime groups is 2. The number of aryl methyl sites for hydroxylation is 1. The van der Waals surface area contributed by atoms with Crippen LogP contribution in [0.25, 0.3) is 0 Å². The highest BCUT2D eigenvalue weighted by molar-refractivity contribution is 5.98. The van der Waals surface area contributed by atoms with Gasteiger partial charge in [-0.2, -0.15) is 13.2 Å². The van der Waals surface area contributed by atoms with Crippen LogP contribution < -0.4 is 5.73 Å². The molecule has 3 N–H and O–H groups in total. The average Bonchev–Trinajstić information content (AvgIpc) is 3.28. The molecule has 9 heteroatoms. The van der Waals surface area contributed by atoms with E-state index in [1.165, 1.54) is 6.07 Å². The Balaban J connectivity index is 2.07. The number of guanidine groups is 1. The molecule has 2 rings (SSSR count). The zero-order valence-electron chi connectivity index (χ0n) is 19.5. The molecular formula is C24H35F3N4O2. The number of rotatable bonds is 11. The van der Waals surface area contributed by atoms with Crippen LogP contribution in [0.5, 0.6) is 0 Å². The predicted octanol–water partition coefficient (Wildman–Crippen LogP) is 6.03. The second-order valence-electron chi connectivity index (χ2n) is 8.43. The second-order valence-corrected chi connectivity index (χ2v) is 8.43. The molecule has 1 atom stereocenters. The quantitative estimate of drug-likeness (QED) is 0.104. The van der Waals surface area contributed by atoms with Crippen molar-refractivity contribution in [3.63, 3.8) is 0 Å². The lowest BCUT2D eigenvalue weighted by Gasteiger charge is -2.24. The minimum Gasteiger partial charge on any atom is -0.408 e. The summed E-state index contributed by atoms with van der Waals surface area (Å²) in [5.41, 5.74) is 6.00. The SMILES string of the molecule is C=C(O/N=C(\C)c1ccc(CCCCCCCC)c(C(F)(F)F)c1)[C@@H]1CCCN1/C(N)=N/O. The molecule has 1 heterocycles. The summed E-state index contributed by atoms with van der Waals surface area (Å²) in [6.07, 6.45) is 3.60. The Morgan fingerprint density at radius 3 is 2.61 bits per heavy atom. The fourth-order valence-electron chi connectivity index (χ4n) is 4.05. The van der Waals surface area contributed by atoms with Crippen molar-refractivity contribution in [2.75, 3.05) is 6.54 Å². The van der Waals surface area contributed by atoms with Gasteiger partial charge in [-0.3, -0.25) is 0 Å². The van der Waals surface area contributed by atoms with Crippen molar-refractivity contribution in [2.24, 2.45) is 16.0 Å². The molecule has 0 spiro atoms. The van der Waals surface area contributed by atoms with Gasteiger partial charge >= 0.3 is 6.18 Å². The van der Waals surface area contributed by atoms with Crippen LogP contribution in [-0.2, 0) is 17.4 Å². The van der Waals surface area contributed by atoms with Crippen LogP contribution in [0.1, 0.15) is 81.9 Å². The zero-order chi connectivity index (χ0) is 24.4. The molecule has 0 bridgehead atoms. The van der Waals surface area contributed by atoms with E-state index < -0.39 is 11.7 Å². The van der Waals surface area contributed by atoms with Crippen LogP contribution in [0.2, 0.25) is 0 Å². The van der Waals surface area contributed by atoms with Gasteiger partial charge in [0.25, 0.3) is 0 Å². The van der Waals surface area contributed by atoms with Gasteiger partial charge in [-0.05, 0) is 49.8 Å². The third kappa shape index (κ3) is 7.68. The summed E-state index contributed by atoms with van der Waals surface area (Å²) in [4.78, 5) is 7.06. The molecule has 6 nitrogen and oxygen atoms in total. The first-order valence-corrected chi connectivity index (χ1v) is 11.5. The topological polar surface area (TPSA) is 83.4 Å². The standard InChI is InChI=1S/C24H35F3N4O2/c1-4-5-6-7-8-9-11-19-13-14-20(16-21(19)24(25,26)27)17(2)30-33-18(3)22-12-10-15-31(22)23(28)29-32/h13-14,16,22,32H,3-12,15H2,1-2H3,(H2,28,29)/b30-17+/t22-/m0/s1. The van der Waals surface area contributed by atoms with Gasteiger partial charge in [-0.25, -0.2) is 0 Å². The Labute approximate surface area is 194 Å². The molecule has 33 heavy (non-hydrogen) atoms. The minimum atomic E-state index is -4.44. The summed E-state index contributed by atoms with van der Waals surface area (Å²) in [7, 11) is 0. The Bertz CT molecular complexity index is 853. The molecule has 0 amide bonds. The van der Waals surface area contributed by atoms with E-state index in [-0.39, 0.29) is 17.8 Å². The van der Waals surface area contributed by atoms with Crippen molar-refractivity contribution in [1.82, 2.24) is 4.90 Å². The number of likely N-dealkylation sites (tertiary alicyclic amines) is 1. The Morgan fingerprint density at radius 1 is 1.24 bits per heavy atom. The lowest BCUT2D eigenvalue weighted by atomic mass is 9.97. The van der Waals surface area contributed by atoms with Gasteiger partial charge in [-0.1, -0.05) is 68.1 Å². The van der Waals surface area contributed by atoms with E-state index >= 15 is 0 Å². The summed E-state index contributed by atoms with van der Waals surface area (Å²) in [6.45, 7) is 8.16. The van der Waals surface area contributed by atoms with Crippen molar-refractivity contribution in [3.8, 4) is 0 Å². The smallest absolute Gasteiger partial charge is 0.408 e.